The quantitative estimate of drug-likeness (QED) is 0.196. The van der Waals surface area contributed by atoms with E-state index in [1.54, 1.807) is 0 Å². The van der Waals surface area contributed by atoms with E-state index in [2.05, 4.69) is 81.8 Å². The van der Waals surface area contributed by atoms with E-state index >= 15 is 0 Å². The maximum atomic E-state index is 7.38. The number of anilines is 8. The molecule has 6 aromatic rings. The van der Waals surface area contributed by atoms with Gasteiger partial charge in [-0.05, 0) is 84.9 Å². The normalized spacial score (nSPS) is 10.7. The van der Waals surface area contributed by atoms with Gasteiger partial charge in [-0.2, -0.15) is 0 Å². The zero-order valence-electron chi connectivity index (χ0n) is 22.2. The van der Waals surface area contributed by atoms with Gasteiger partial charge in [0.2, 0.25) is 0 Å². The summed E-state index contributed by atoms with van der Waals surface area (Å²) < 4.78 is 0. The predicted molar refractivity (Wildman–Crippen MR) is 176 cm³/mol. The minimum atomic E-state index is 0.613. The molecule has 0 unspecified atom stereocenters. The number of para-hydroxylation sites is 3. The Morgan fingerprint density at radius 2 is 0.829 bits per heavy atom. The van der Waals surface area contributed by atoms with Gasteiger partial charge in [-0.1, -0.05) is 96.0 Å². The van der Waals surface area contributed by atoms with E-state index in [-0.39, 0.29) is 0 Å². The highest BCUT2D eigenvalue weighted by molar-refractivity contribution is 6.36. The van der Waals surface area contributed by atoms with Crippen LogP contribution >= 0.6 is 23.2 Å². The van der Waals surface area contributed by atoms with Crippen LogP contribution in [0, 0.1) is 0 Å². The summed E-state index contributed by atoms with van der Waals surface area (Å²) in [4.78, 5) is 4.32. The Hall–Kier alpha value is -4.70. The number of rotatable bonds is 8. The highest BCUT2D eigenvalue weighted by Crippen LogP contribution is 2.47. The molecule has 0 spiro atoms. The highest BCUT2D eigenvalue weighted by atomic mass is 35.5. The van der Waals surface area contributed by atoms with Crippen molar-refractivity contribution in [1.29, 1.82) is 0 Å². The van der Waals surface area contributed by atoms with E-state index in [4.69, 9.17) is 23.2 Å². The summed E-state index contributed by atoms with van der Waals surface area (Å²) >= 11 is 13.8. The van der Waals surface area contributed by atoms with Crippen molar-refractivity contribution in [2.75, 3.05) is 15.1 Å². The molecular weight excluding hydrogens is 545 g/mol. The first-order valence-electron chi connectivity index (χ1n) is 13.3. The molecule has 0 saturated heterocycles. The largest absolute Gasteiger partial charge is 0.355 e. The van der Waals surface area contributed by atoms with Gasteiger partial charge < -0.3 is 15.1 Å². The van der Waals surface area contributed by atoms with Crippen LogP contribution in [0.5, 0.6) is 0 Å². The minimum absolute atomic E-state index is 0.613. The monoisotopic (exact) mass is 571 g/mol. The molecule has 0 heterocycles. The van der Waals surface area contributed by atoms with Crippen LogP contribution in [0.25, 0.3) is 0 Å². The van der Waals surface area contributed by atoms with Gasteiger partial charge in [0.1, 0.15) is 0 Å². The van der Waals surface area contributed by atoms with Gasteiger partial charge in [-0.25, -0.2) is 0 Å². The molecule has 0 amide bonds. The van der Waals surface area contributed by atoms with Crippen molar-refractivity contribution in [3.05, 3.63) is 168 Å². The second-order valence-electron chi connectivity index (χ2n) is 9.47. The average Bonchev–Trinajstić information content (AvgIpc) is 3.01. The summed E-state index contributed by atoms with van der Waals surface area (Å²) in [6, 6.07) is 52.9. The Bertz CT molecular complexity index is 1740. The van der Waals surface area contributed by atoms with Crippen LogP contribution in [0.3, 0.4) is 0 Å². The number of halogens is 2. The predicted octanol–water partition coefficient (Wildman–Crippen LogP) is 11.7. The Labute approximate surface area is 250 Å². The summed E-state index contributed by atoms with van der Waals surface area (Å²) in [6.45, 7) is 0. The van der Waals surface area contributed by atoms with E-state index in [9.17, 15) is 0 Å². The molecule has 0 fully saturated rings. The molecule has 5 heteroatoms. The third-order valence-corrected chi connectivity index (χ3v) is 7.32. The molecule has 1 N–H and O–H groups in total. The van der Waals surface area contributed by atoms with Gasteiger partial charge in [0.15, 0.2) is 0 Å². The van der Waals surface area contributed by atoms with Crippen LogP contribution in [0.15, 0.2) is 158 Å². The van der Waals surface area contributed by atoms with Crippen molar-refractivity contribution in [1.82, 2.24) is 0 Å². The van der Waals surface area contributed by atoms with E-state index in [1.807, 2.05) is 91.0 Å². The lowest BCUT2D eigenvalue weighted by atomic mass is 10.1. The fourth-order valence-electron chi connectivity index (χ4n) is 4.89. The van der Waals surface area contributed by atoms with Crippen LogP contribution < -0.4 is 15.1 Å². The average molecular weight is 573 g/mol. The molecule has 0 aliphatic carbocycles. The van der Waals surface area contributed by atoms with Crippen molar-refractivity contribution in [2.45, 2.75) is 0 Å². The van der Waals surface area contributed by atoms with E-state index in [1.165, 1.54) is 0 Å². The molecular formula is C36H27Cl2N3. The van der Waals surface area contributed by atoms with Crippen LogP contribution in [-0.4, -0.2) is 0 Å². The Morgan fingerprint density at radius 1 is 0.390 bits per heavy atom. The molecule has 41 heavy (non-hydrogen) atoms. The molecule has 0 aliphatic rings. The van der Waals surface area contributed by atoms with Crippen molar-refractivity contribution >= 4 is 68.7 Å². The molecule has 0 saturated carbocycles. The zero-order chi connectivity index (χ0) is 28.0. The maximum Gasteiger partial charge on any atom is 0.0887 e. The SMILES string of the molecule is Clc1cccc(N(c2ccccc2)c2cccc(N(c3ccccc3)c3cccc(Nc4ccccc4)c3)c2Cl)c1. The second kappa shape index (κ2) is 12.2. The lowest BCUT2D eigenvalue weighted by Gasteiger charge is -2.31. The topological polar surface area (TPSA) is 18.5 Å². The third kappa shape index (κ3) is 5.92. The maximum absolute atomic E-state index is 7.38. The lowest BCUT2D eigenvalue weighted by molar-refractivity contribution is 1.25. The van der Waals surface area contributed by atoms with Crippen molar-refractivity contribution in [2.24, 2.45) is 0 Å². The first kappa shape index (κ1) is 26.5. The van der Waals surface area contributed by atoms with Gasteiger partial charge in [-0.15, -0.1) is 0 Å². The van der Waals surface area contributed by atoms with E-state index in [0.29, 0.717) is 10.0 Å². The van der Waals surface area contributed by atoms with Crippen molar-refractivity contribution < 1.29 is 0 Å². The van der Waals surface area contributed by atoms with Gasteiger partial charge in [-0.3, -0.25) is 0 Å². The number of hydrogen-bond acceptors (Lipinski definition) is 3. The summed E-state index contributed by atoms with van der Waals surface area (Å²) in [6.07, 6.45) is 0. The third-order valence-electron chi connectivity index (χ3n) is 6.70. The van der Waals surface area contributed by atoms with Gasteiger partial charge in [0.05, 0.1) is 16.4 Å². The molecule has 0 atom stereocenters. The molecule has 0 bridgehead atoms. The molecule has 0 aromatic heterocycles. The van der Waals surface area contributed by atoms with Crippen molar-refractivity contribution in [3.8, 4) is 0 Å². The molecule has 6 rings (SSSR count). The fraction of sp³-hybridized carbons (Fsp3) is 0. The Balaban J connectivity index is 1.49. The minimum Gasteiger partial charge on any atom is -0.355 e. The van der Waals surface area contributed by atoms with E-state index < -0.39 is 0 Å². The summed E-state index contributed by atoms with van der Waals surface area (Å²) in [5, 5.41) is 4.78. The summed E-state index contributed by atoms with van der Waals surface area (Å²) in [5.74, 6) is 0. The zero-order valence-corrected chi connectivity index (χ0v) is 23.7. The Morgan fingerprint density at radius 3 is 1.39 bits per heavy atom. The number of nitrogens with zero attached hydrogens (tertiary/aromatic N) is 2. The van der Waals surface area contributed by atoms with Crippen molar-refractivity contribution in [3.63, 3.8) is 0 Å². The first-order chi connectivity index (χ1) is 20.2. The van der Waals surface area contributed by atoms with Gasteiger partial charge >= 0.3 is 0 Å². The molecule has 0 radical (unpaired) electrons. The second-order valence-corrected chi connectivity index (χ2v) is 10.3. The smallest absolute Gasteiger partial charge is 0.0887 e. The van der Waals surface area contributed by atoms with Crippen LogP contribution in [-0.2, 0) is 0 Å². The highest BCUT2D eigenvalue weighted by Gasteiger charge is 2.22. The van der Waals surface area contributed by atoms with Crippen LogP contribution in [0.2, 0.25) is 10.0 Å². The molecule has 200 valence electrons. The first-order valence-corrected chi connectivity index (χ1v) is 14.1. The molecule has 6 aromatic carbocycles. The van der Waals surface area contributed by atoms with Gasteiger partial charge in [0.25, 0.3) is 0 Å². The van der Waals surface area contributed by atoms with Crippen LogP contribution in [0.1, 0.15) is 0 Å². The fourth-order valence-corrected chi connectivity index (χ4v) is 5.37. The number of hydrogen-bond donors (Lipinski definition) is 1. The van der Waals surface area contributed by atoms with Gasteiger partial charge in [0, 0.05) is 39.1 Å². The molecule has 3 nitrogen and oxygen atoms in total. The van der Waals surface area contributed by atoms with Crippen LogP contribution in [0.4, 0.5) is 45.5 Å². The Kier molecular flexibility index (Phi) is 7.90. The number of nitrogens with one attached hydrogen (secondary N) is 1. The molecule has 0 aliphatic heterocycles. The van der Waals surface area contributed by atoms with E-state index in [0.717, 1.165) is 45.5 Å². The summed E-state index contributed by atoms with van der Waals surface area (Å²) in [5.41, 5.74) is 7.58. The number of benzene rings is 6. The lowest BCUT2D eigenvalue weighted by Crippen LogP contribution is -2.14. The summed E-state index contributed by atoms with van der Waals surface area (Å²) in [7, 11) is 0. The standard InChI is InChI=1S/C36H27Cl2N3/c37-27-13-10-21-32(25-27)40(30-17-6-2-7-18-30)34-23-12-24-35(36(34)38)41(31-19-8-3-9-20-31)33-22-11-16-29(26-33)39-28-14-4-1-5-15-28/h1-26,39H.